The van der Waals surface area contributed by atoms with E-state index in [0.29, 0.717) is 6.67 Å². The summed E-state index contributed by atoms with van der Waals surface area (Å²) in [5.74, 6) is 2.55. The molecule has 1 aliphatic heterocycles. The van der Waals surface area contributed by atoms with E-state index in [9.17, 15) is 4.39 Å². The Hall–Kier alpha value is -7.25. The molecular weight excluding hydrogens is 778 g/mol. The summed E-state index contributed by atoms with van der Waals surface area (Å²) in [5, 5.41) is 2.30. The van der Waals surface area contributed by atoms with Gasteiger partial charge in [-0.15, -0.1) is 0 Å². The molecule has 6 nitrogen and oxygen atoms in total. The van der Waals surface area contributed by atoms with Crippen LogP contribution in [-0.2, 0) is 0 Å². The van der Waals surface area contributed by atoms with E-state index in [1.54, 1.807) is 12.1 Å². The maximum Gasteiger partial charge on any atom is 0.137 e. The first-order valence-electron chi connectivity index (χ1n) is 21.8. The van der Waals surface area contributed by atoms with Gasteiger partial charge in [0.1, 0.15) is 29.8 Å². The van der Waals surface area contributed by atoms with Gasteiger partial charge in [-0.1, -0.05) is 70.2 Å². The van der Waals surface area contributed by atoms with Gasteiger partial charge in [0.15, 0.2) is 0 Å². The van der Waals surface area contributed by atoms with Crippen LogP contribution in [0.2, 0.25) is 0 Å². The van der Waals surface area contributed by atoms with Crippen molar-refractivity contribution in [1.29, 1.82) is 0 Å². The molecule has 1 aliphatic rings. The number of hydrogen-bond donors (Lipinski definition) is 0. The van der Waals surface area contributed by atoms with Gasteiger partial charge in [0, 0.05) is 52.9 Å². The second-order valence-electron chi connectivity index (χ2n) is 17.5. The third-order valence-electron chi connectivity index (χ3n) is 12.4. The van der Waals surface area contributed by atoms with Crippen molar-refractivity contribution >= 4 is 44.6 Å². The van der Waals surface area contributed by atoms with Crippen LogP contribution in [0, 0.1) is 26.6 Å². The van der Waals surface area contributed by atoms with Crippen molar-refractivity contribution in [2.45, 2.75) is 60.3 Å². The summed E-state index contributed by atoms with van der Waals surface area (Å²) >= 11 is 0. The lowest BCUT2D eigenvalue weighted by Gasteiger charge is -2.30. The van der Waals surface area contributed by atoms with Gasteiger partial charge in [-0.05, 0) is 162 Å². The SMILES string of the molecule is Cc1ccc2c(c1)N(c1c(C(C)C)cc(-c3ccc(F)cc3)cc1C(C)C)CN2c1cc(Oc2ccc3c4ccccc4n(-c4ccccn4)c3c2)cc(-c2c(C)cncc2C)c1. The van der Waals surface area contributed by atoms with E-state index in [1.807, 2.05) is 48.9 Å². The van der Waals surface area contributed by atoms with E-state index < -0.39 is 0 Å². The number of nitrogens with zero attached hydrogens (tertiary/aromatic N) is 5. The Balaban J connectivity index is 1.12. The Bertz CT molecular complexity index is 3140. The van der Waals surface area contributed by atoms with Crippen molar-refractivity contribution in [3.8, 4) is 39.6 Å². The van der Waals surface area contributed by atoms with E-state index in [-0.39, 0.29) is 17.7 Å². The minimum absolute atomic E-state index is 0.231. The van der Waals surface area contributed by atoms with E-state index in [4.69, 9.17) is 9.72 Å². The molecule has 0 amide bonds. The molecule has 312 valence electrons. The van der Waals surface area contributed by atoms with Crippen LogP contribution in [-0.4, -0.2) is 21.2 Å². The van der Waals surface area contributed by atoms with Crippen LogP contribution in [0.15, 0.2) is 152 Å². The van der Waals surface area contributed by atoms with Gasteiger partial charge in [0.25, 0.3) is 0 Å². The van der Waals surface area contributed by atoms with Crippen molar-refractivity contribution in [2.24, 2.45) is 0 Å². The largest absolute Gasteiger partial charge is 0.457 e. The molecule has 7 heteroatoms. The van der Waals surface area contributed by atoms with Gasteiger partial charge in [-0.25, -0.2) is 9.37 Å². The highest BCUT2D eigenvalue weighted by atomic mass is 19.1. The predicted molar refractivity (Wildman–Crippen MR) is 258 cm³/mol. The van der Waals surface area contributed by atoms with Crippen LogP contribution >= 0.6 is 0 Å². The Morgan fingerprint density at radius 2 is 1.30 bits per heavy atom. The number of fused-ring (bicyclic) bond motifs is 4. The Morgan fingerprint density at radius 1 is 0.587 bits per heavy atom. The van der Waals surface area contributed by atoms with Crippen molar-refractivity contribution in [3.05, 3.63) is 186 Å². The van der Waals surface area contributed by atoms with Gasteiger partial charge in [-0.2, -0.15) is 0 Å². The lowest BCUT2D eigenvalue weighted by Crippen LogP contribution is -2.26. The summed E-state index contributed by atoms with van der Waals surface area (Å²) in [4.78, 5) is 14.2. The van der Waals surface area contributed by atoms with Crippen LogP contribution in [0.25, 0.3) is 49.9 Å². The molecule has 0 unspecified atom stereocenters. The minimum Gasteiger partial charge on any atom is -0.457 e. The summed E-state index contributed by atoms with van der Waals surface area (Å²) in [7, 11) is 0. The van der Waals surface area contributed by atoms with Crippen LogP contribution in [0.4, 0.5) is 27.1 Å². The van der Waals surface area contributed by atoms with Crippen LogP contribution in [0.5, 0.6) is 11.5 Å². The zero-order valence-electron chi connectivity index (χ0n) is 36.8. The van der Waals surface area contributed by atoms with Gasteiger partial charge in [0.05, 0.1) is 22.4 Å². The molecule has 0 fully saturated rings. The number of aryl methyl sites for hydroxylation is 3. The second-order valence-corrected chi connectivity index (χ2v) is 17.5. The van der Waals surface area contributed by atoms with Gasteiger partial charge in [0.2, 0.25) is 0 Å². The highest BCUT2D eigenvalue weighted by Gasteiger charge is 2.33. The summed E-state index contributed by atoms with van der Waals surface area (Å²) in [5.41, 5.74) is 16.9. The molecule has 4 heterocycles. The normalized spacial score (nSPS) is 12.6. The third kappa shape index (κ3) is 7.17. The monoisotopic (exact) mass is 827 g/mol. The number of rotatable bonds is 9. The minimum atomic E-state index is -0.231. The number of para-hydroxylation sites is 1. The molecule has 6 aromatic carbocycles. The standard InChI is InChI=1S/C56H50FN5O/c1-34(2)48-27-40(39-16-18-42(57)19-17-39)28-49(35(3)4)56(48)61-33-60(51-22-15-36(5)24-53(51)61)43-25-41(55-37(6)31-58-32-38(55)7)26-45(29-43)63-44-20-21-47-46-12-8-9-13-50(46)62(52(47)30-44)54-14-10-11-23-59-54/h8-32,34-35H,33H2,1-7H3. The lowest BCUT2D eigenvalue weighted by atomic mass is 9.87. The van der Waals surface area contributed by atoms with Gasteiger partial charge in [-0.3, -0.25) is 9.55 Å². The van der Waals surface area contributed by atoms with Crippen LogP contribution in [0.1, 0.15) is 67.3 Å². The number of anilines is 4. The quantitative estimate of drug-likeness (QED) is 0.145. The average molecular weight is 828 g/mol. The molecule has 3 aromatic heterocycles. The number of aromatic nitrogens is 3. The first kappa shape index (κ1) is 39.9. The second kappa shape index (κ2) is 15.9. The van der Waals surface area contributed by atoms with Crippen molar-refractivity contribution in [3.63, 3.8) is 0 Å². The molecule has 0 aliphatic carbocycles. The Morgan fingerprint density at radius 3 is 2.02 bits per heavy atom. The molecule has 63 heavy (non-hydrogen) atoms. The van der Waals surface area contributed by atoms with E-state index in [1.165, 1.54) is 22.4 Å². The predicted octanol–water partition coefficient (Wildman–Crippen LogP) is 15.3. The zero-order valence-corrected chi connectivity index (χ0v) is 36.8. The summed E-state index contributed by atoms with van der Waals surface area (Å²) < 4.78 is 23.3. The highest BCUT2D eigenvalue weighted by Crippen LogP contribution is 2.51. The number of pyridine rings is 2. The summed E-state index contributed by atoms with van der Waals surface area (Å²) in [6, 6.07) is 45.7. The van der Waals surface area contributed by atoms with Gasteiger partial charge >= 0.3 is 0 Å². The molecule has 0 bridgehead atoms. The smallest absolute Gasteiger partial charge is 0.137 e. The highest BCUT2D eigenvalue weighted by molar-refractivity contribution is 6.09. The molecule has 9 aromatic rings. The number of ether oxygens (including phenoxy) is 1. The molecule has 0 atom stereocenters. The molecular formula is C56H50FN5O. The van der Waals surface area contributed by atoms with Crippen molar-refractivity contribution < 1.29 is 9.13 Å². The van der Waals surface area contributed by atoms with Crippen LogP contribution in [0.3, 0.4) is 0 Å². The first-order chi connectivity index (χ1) is 30.5. The maximum absolute atomic E-state index is 14.1. The fourth-order valence-electron chi connectivity index (χ4n) is 9.45. The third-order valence-corrected chi connectivity index (χ3v) is 12.4. The molecule has 0 radical (unpaired) electrons. The Labute approximate surface area is 368 Å². The summed E-state index contributed by atoms with van der Waals surface area (Å²) in [6.45, 7) is 16.1. The number of halogens is 1. The molecule has 0 N–H and O–H groups in total. The topological polar surface area (TPSA) is 46.4 Å². The van der Waals surface area contributed by atoms with Crippen molar-refractivity contribution in [2.75, 3.05) is 16.5 Å². The van der Waals surface area contributed by atoms with Crippen molar-refractivity contribution in [1.82, 2.24) is 14.5 Å². The summed E-state index contributed by atoms with van der Waals surface area (Å²) in [6.07, 6.45) is 5.71. The van der Waals surface area contributed by atoms with Crippen LogP contribution < -0.4 is 14.5 Å². The molecule has 0 saturated carbocycles. The van der Waals surface area contributed by atoms with E-state index >= 15 is 0 Å². The number of benzene rings is 6. The molecule has 0 spiro atoms. The fraction of sp³-hybridized carbons (Fsp3) is 0.179. The first-order valence-corrected chi connectivity index (χ1v) is 21.8. The lowest BCUT2D eigenvalue weighted by molar-refractivity contribution is 0.483. The Kier molecular flexibility index (Phi) is 10.1. The molecule has 10 rings (SSSR count). The zero-order chi connectivity index (χ0) is 43.5. The maximum atomic E-state index is 14.1. The number of hydrogen-bond acceptors (Lipinski definition) is 5. The van der Waals surface area contributed by atoms with Gasteiger partial charge < -0.3 is 14.5 Å². The average Bonchev–Trinajstić information content (AvgIpc) is 3.81. The molecule has 0 saturated heterocycles. The fourth-order valence-corrected chi connectivity index (χ4v) is 9.45. The van der Waals surface area contributed by atoms with E-state index in [2.05, 4.69) is 159 Å². The van der Waals surface area contributed by atoms with E-state index in [0.717, 1.165) is 89.6 Å².